The van der Waals surface area contributed by atoms with Crippen LogP contribution in [0.25, 0.3) is 5.03 Å². The molecule has 0 spiro atoms. The van der Waals surface area contributed by atoms with Crippen LogP contribution in [0, 0.1) is 0 Å². The fourth-order valence-corrected chi connectivity index (χ4v) is 1.73. The number of hydrogen-bond donors (Lipinski definition) is 0. The number of fused-ring (bicyclic) bond motifs is 1. The van der Waals surface area contributed by atoms with Gasteiger partial charge in [0.15, 0.2) is 0 Å². The first-order valence-electron chi connectivity index (χ1n) is 3.72. The lowest BCUT2D eigenvalue weighted by molar-refractivity contribution is 1.19. The first-order valence-corrected chi connectivity index (χ1v) is 4.10. The van der Waals surface area contributed by atoms with Crippen molar-refractivity contribution in [1.29, 1.82) is 0 Å². The van der Waals surface area contributed by atoms with Crippen LogP contribution in [0.1, 0.15) is 18.1 Å². The summed E-state index contributed by atoms with van der Waals surface area (Å²) in [6.07, 6.45) is 1.02. The molecule has 0 unspecified atom stereocenters. The Labute approximate surface area is 71.5 Å². The highest BCUT2D eigenvalue weighted by Crippen LogP contribution is 2.34. The van der Waals surface area contributed by atoms with Gasteiger partial charge in [-0.1, -0.05) is 35.9 Å². The molecule has 0 radical (unpaired) electrons. The second-order valence-corrected chi connectivity index (χ2v) is 3.31. The lowest BCUT2D eigenvalue weighted by atomic mass is 10.1. The molecule has 0 aromatic heterocycles. The maximum absolute atomic E-state index is 6.07. The number of halogens is 1. The van der Waals surface area contributed by atoms with Crippen LogP contribution in [0.3, 0.4) is 0 Å². The van der Waals surface area contributed by atoms with Gasteiger partial charge in [0, 0.05) is 5.03 Å². The third-order valence-corrected chi connectivity index (χ3v) is 2.61. The molecule has 56 valence electrons. The Hall–Kier alpha value is -0.750. The van der Waals surface area contributed by atoms with E-state index in [1.807, 2.05) is 6.07 Å². The predicted molar refractivity (Wildman–Crippen MR) is 48.6 cm³/mol. The monoisotopic (exact) mass is 164 g/mol. The van der Waals surface area contributed by atoms with E-state index in [0.29, 0.717) is 0 Å². The molecule has 0 saturated heterocycles. The van der Waals surface area contributed by atoms with Gasteiger partial charge in [-0.05, 0) is 30.0 Å². The van der Waals surface area contributed by atoms with Crippen molar-refractivity contribution < 1.29 is 0 Å². The van der Waals surface area contributed by atoms with E-state index < -0.39 is 0 Å². The molecular formula is C10H9Cl. The minimum Gasteiger partial charge on any atom is -0.0837 e. The molecule has 1 aliphatic rings. The molecular weight excluding hydrogens is 156 g/mol. The van der Waals surface area contributed by atoms with E-state index in [9.17, 15) is 0 Å². The molecule has 0 bridgehead atoms. The third-order valence-electron chi connectivity index (χ3n) is 2.08. The third kappa shape index (κ3) is 0.982. The Kier molecular flexibility index (Phi) is 1.50. The van der Waals surface area contributed by atoms with Crippen LogP contribution in [0.4, 0.5) is 0 Å². The first-order chi connectivity index (χ1) is 5.29. The van der Waals surface area contributed by atoms with Crippen LogP contribution < -0.4 is 0 Å². The standard InChI is InChI=1S/C10H9Cl/c1-7-6-8-4-2-3-5-9(8)10(7)11/h2-5H,6H2,1H3. The summed E-state index contributed by atoms with van der Waals surface area (Å²) in [6, 6.07) is 8.30. The zero-order chi connectivity index (χ0) is 7.84. The van der Waals surface area contributed by atoms with Gasteiger partial charge in [-0.3, -0.25) is 0 Å². The zero-order valence-corrected chi connectivity index (χ0v) is 7.15. The fourth-order valence-electron chi connectivity index (χ4n) is 1.48. The van der Waals surface area contributed by atoms with Crippen LogP contribution in [-0.4, -0.2) is 0 Å². The van der Waals surface area contributed by atoms with Crippen LogP contribution in [0.15, 0.2) is 29.8 Å². The molecule has 0 aliphatic heterocycles. The van der Waals surface area contributed by atoms with E-state index in [0.717, 1.165) is 11.5 Å². The van der Waals surface area contributed by atoms with Gasteiger partial charge in [0.05, 0.1) is 0 Å². The maximum Gasteiger partial charge on any atom is 0.0473 e. The molecule has 1 aromatic rings. The first kappa shape index (κ1) is 6.93. The van der Waals surface area contributed by atoms with Gasteiger partial charge in [0.2, 0.25) is 0 Å². The summed E-state index contributed by atoms with van der Waals surface area (Å²) in [5, 5.41) is 0.945. The fraction of sp³-hybridized carbons (Fsp3) is 0.200. The number of rotatable bonds is 0. The lowest BCUT2D eigenvalue weighted by Crippen LogP contribution is -1.79. The highest BCUT2D eigenvalue weighted by Gasteiger charge is 2.15. The molecule has 0 atom stereocenters. The van der Waals surface area contributed by atoms with Crippen molar-refractivity contribution >= 4 is 16.6 Å². The molecule has 0 fully saturated rings. The van der Waals surface area contributed by atoms with Crippen molar-refractivity contribution in [2.45, 2.75) is 13.3 Å². The van der Waals surface area contributed by atoms with Gasteiger partial charge in [0.25, 0.3) is 0 Å². The summed E-state index contributed by atoms with van der Waals surface area (Å²) in [7, 11) is 0. The van der Waals surface area contributed by atoms with Crippen LogP contribution >= 0.6 is 11.6 Å². The summed E-state index contributed by atoms with van der Waals surface area (Å²) in [4.78, 5) is 0. The van der Waals surface area contributed by atoms with E-state index >= 15 is 0 Å². The second-order valence-electron chi connectivity index (χ2n) is 2.93. The lowest BCUT2D eigenvalue weighted by Gasteiger charge is -1.95. The Morgan fingerprint density at radius 2 is 2.00 bits per heavy atom. The van der Waals surface area contributed by atoms with Crippen LogP contribution in [0.5, 0.6) is 0 Å². The maximum atomic E-state index is 6.07. The van der Waals surface area contributed by atoms with E-state index in [-0.39, 0.29) is 0 Å². The van der Waals surface area contributed by atoms with Gasteiger partial charge in [-0.25, -0.2) is 0 Å². The van der Waals surface area contributed by atoms with E-state index in [1.165, 1.54) is 16.7 Å². The van der Waals surface area contributed by atoms with Crippen LogP contribution in [0.2, 0.25) is 0 Å². The Bertz CT molecular complexity index is 323. The molecule has 11 heavy (non-hydrogen) atoms. The Morgan fingerprint density at radius 1 is 1.27 bits per heavy atom. The van der Waals surface area contributed by atoms with Crippen molar-refractivity contribution in [3.63, 3.8) is 0 Å². The van der Waals surface area contributed by atoms with Gasteiger partial charge in [0.1, 0.15) is 0 Å². The van der Waals surface area contributed by atoms with Crippen molar-refractivity contribution in [2.24, 2.45) is 0 Å². The highest BCUT2D eigenvalue weighted by atomic mass is 35.5. The van der Waals surface area contributed by atoms with Gasteiger partial charge < -0.3 is 0 Å². The predicted octanol–water partition coefficient (Wildman–Crippen LogP) is 3.21. The molecule has 1 heteroatoms. The molecule has 2 rings (SSSR count). The average molecular weight is 165 g/mol. The van der Waals surface area contributed by atoms with E-state index in [2.05, 4.69) is 25.1 Å². The van der Waals surface area contributed by atoms with E-state index in [4.69, 9.17) is 11.6 Å². The summed E-state index contributed by atoms with van der Waals surface area (Å²) in [5.74, 6) is 0. The van der Waals surface area contributed by atoms with Crippen molar-refractivity contribution in [1.82, 2.24) is 0 Å². The topological polar surface area (TPSA) is 0 Å². The number of allylic oxidation sites excluding steroid dienone is 1. The zero-order valence-electron chi connectivity index (χ0n) is 6.39. The quantitative estimate of drug-likeness (QED) is 0.553. The van der Waals surface area contributed by atoms with Crippen molar-refractivity contribution in [3.8, 4) is 0 Å². The van der Waals surface area contributed by atoms with Crippen molar-refractivity contribution in [3.05, 3.63) is 41.0 Å². The summed E-state index contributed by atoms with van der Waals surface area (Å²) < 4.78 is 0. The smallest absolute Gasteiger partial charge is 0.0473 e. The van der Waals surface area contributed by atoms with Gasteiger partial charge in [-0.2, -0.15) is 0 Å². The molecule has 0 N–H and O–H groups in total. The minimum atomic E-state index is 0.945. The minimum absolute atomic E-state index is 0.945. The summed E-state index contributed by atoms with van der Waals surface area (Å²) in [5.41, 5.74) is 3.86. The normalized spacial score (nSPS) is 15.5. The van der Waals surface area contributed by atoms with Gasteiger partial charge >= 0.3 is 0 Å². The largest absolute Gasteiger partial charge is 0.0837 e. The molecule has 1 aliphatic carbocycles. The number of hydrogen-bond acceptors (Lipinski definition) is 0. The SMILES string of the molecule is CC1=C(Cl)c2ccccc2C1. The Morgan fingerprint density at radius 3 is 2.73 bits per heavy atom. The molecule has 1 aromatic carbocycles. The highest BCUT2D eigenvalue weighted by molar-refractivity contribution is 6.49. The summed E-state index contributed by atoms with van der Waals surface area (Å²) in [6.45, 7) is 2.09. The van der Waals surface area contributed by atoms with Gasteiger partial charge in [-0.15, -0.1) is 0 Å². The molecule has 0 heterocycles. The average Bonchev–Trinajstić information content (AvgIpc) is 2.30. The molecule has 0 saturated carbocycles. The molecule has 0 amide bonds. The summed E-state index contributed by atoms with van der Waals surface area (Å²) >= 11 is 6.07. The molecule has 0 nitrogen and oxygen atoms in total. The van der Waals surface area contributed by atoms with Crippen molar-refractivity contribution in [2.75, 3.05) is 0 Å². The van der Waals surface area contributed by atoms with Crippen LogP contribution in [-0.2, 0) is 6.42 Å². The number of benzene rings is 1. The second kappa shape index (κ2) is 2.38. The van der Waals surface area contributed by atoms with E-state index in [1.54, 1.807) is 0 Å². The Balaban J connectivity index is 2.60.